The molecule has 0 unspecified atom stereocenters. The van der Waals surface area contributed by atoms with Gasteiger partial charge in [-0.3, -0.25) is 4.79 Å². The van der Waals surface area contributed by atoms with Crippen molar-refractivity contribution in [3.8, 4) is 0 Å². The van der Waals surface area contributed by atoms with Gasteiger partial charge in [0.15, 0.2) is 12.4 Å². The van der Waals surface area contributed by atoms with Crippen LogP contribution in [0.25, 0.3) is 0 Å². The van der Waals surface area contributed by atoms with E-state index in [1.54, 1.807) is 0 Å². The van der Waals surface area contributed by atoms with Crippen molar-refractivity contribution in [1.29, 1.82) is 0 Å². The van der Waals surface area contributed by atoms with Gasteiger partial charge in [-0.05, 0) is 18.4 Å². The highest BCUT2D eigenvalue weighted by atomic mass is 16.4. The Morgan fingerprint density at radius 3 is 3.25 bits per heavy atom. The van der Waals surface area contributed by atoms with Crippen molar-refractivity contribution in [3.63, 3.8) is 0 Å². The van der Waals surface area contributed by atoms with Gasteiger partial charge in [0.05, 0.1) is 6.42 Å². The average molecular weight is 221 g/mol. The predicted molar refractivity (Wildman–Crippen MR) is 60.3 cm³/mol. The van der Waals surface area contributed by atoms with Crippen LogP contribution in [0.15, 0.2) is 18.5 Å². The molecule has 2 rings (SSSR count). The van der Waals surface area contributed by atoms with Crippen LogP contribution in [0, 0.1) is 0 Å². The van der Waals surface area contributed by atoms with E-state index in [1.807, 2.05) is 6.20 Å². The number of pyridine rings is 1. The molecule has 0 aliphatic carbocycles. The Kier molecular flexibility index (Phi) is 3.39. The smallest absolute Gasteiger partial charge is 0.303 e. The minimum atomic E-state index is -0.725. The van der Waals surface area contributed by atoms with Crippen LogP contribution < -0.4 is 9.88 Å². The normalized spacial score (nSPS) is 14.0. The van der Waals surface area contributed by atoms with Gasteiger partial charge in [-0.15, -0.1) is 0 Å². The summed E-state index contributed by atoms with van der Waals surface area (Å²) in [4.78, 5) is 10.4. The summed E-state index contributed by atoms with van der Waals surface area (Å²) in [5, 5.41) is 11.9. The predicted octanol–water partition coefficient (Wildman–Crippen LogP) is 1.20. The number of aliphatic carboxylic acids is 1. The third-order valence-corrected chi connectivity index (χ3v) is 2.85. The Bertz CT molecular complexity index is 391. The SMILES string of the molecule is O=C(O)CCC[n+]1ccc2c(c1)NCCC2. The van der Waals surface area contributed by atoms with Gasteiger partial charge in [0.25, 0.3) is 0 Å². The molecule has 0 bridgehead atoms. The number of rotatable bonds is 4. The highest BCUT2D eigenvalue weighted by molar-refractivity contribution is 5.66. The fraction of sp³-hybridized carbons (Fsp3) is 0.500. The molecule has 0 spiro atoms. The first-order chi connectivity index (χ1) is 7.75. The molecule has 0 saturated heterocycles. The Morgan fingerprint density at radius 1 is 1.56 bits per heavy atom. The molecule has 1 aliphatic heterocycles. The lowest BCUT2D eigenvalue weighted by Gasteiger charge is -2.15. The van der Waals surface area contributed by atoms with Crippen LogP contribution in [0.2, 0.25) is 0 Å². The number of nitrogens with zero attached hydrogens (tertiary/aromatic N) is 1. The first kappa shape index (κ1) is 10.9. The number of hydrogen-bond acceptors (Lipinski definition) is 2. The van der Waals surface area contributed by atoms with E-state index in [0.29, 0.717) is 6.42 Å². The molecule has 4 nitrogen and oxygen atoms in total. The minimum Gasteiger partial charge on any atom is -0.481 e. The third kappa shape index (κ3) is 2.72. The van der Waals surface area contributed by atoms with Gasteiger partial charge >= 0.3 is 5.97 Å². The number of hydrogen-bond donors (Lipinski definition) is 2. The summed E-state index contributed by atoms with van der Waals surface area (Å²) in [6, 6.07) is 2.13. The summed E-state index contributed by atoms with van der Waals surface area (Å²) in [6.45, 7) is 1.80. The number of aromatic nitrogens is 1. The number of carbonyl (C=O) groups is 1. The molecule has 1 aliphatic rings. The summed E-state index contributed by atoms with van der Waals surface area (Å²) in [5.41, 5.74) is 2.56. The van der Waals surface area contributed by atoms with E-state index >= 15 is 0 Å². The van der Waals surface area contributed by atoms with Crippen LogP contribution in [-0.2, 0) is 17.8 Å². The van der Waals surface area contributed by atoms with Gasteiger partial charge in [-0.1, -0.05) is 0 Å². The molecule has 0 aromatic carbocycles. The van der Waals surface area contributed by atoms with E-state index in [0.717, 1.165) is 19.5 Å². The van der Waals surface area contributed by atoms with Crippen molar-refractivity contribution >= 4 is 11.7 Å². The molecule has 0 saturated carbocycles. The van der Waals surface area contributed by atoms with Crippen LogP contribution in [0.4, 0.5) is 5.69 Å². The van der Waals surface area contributed by atoms with Crippen LogP contribution in [0.5, 0.6) is 0 Å². The molecular formula is C12H17N2O2+. The molecule has 86 valence electrons. The lowest BCUT2D eigenvalue weighted by molar-refractivity contribution is -0.696. The molecule has 2 heterocycles. The van der Waals surface area contributed by atoms with E-state index < -0.39 is 5.97 Å². The maximum atomic E-state index is 10.4. The number of carboxylic acid groups (broad SMARTS) is 1. The Morgan fingerprint density at radius 2 is 2.44 bits per heavy atom. The molecule has 0 fully saturated rings. The zero-order valence-electron chi connectivity index (χ0n) is 9.28. The molecular weight excluding hydrogens is 204 g/mol. The maximum Gasteiger partial charge on any atom is 0.303 e. The van der Waals surface area contributed by atoms with Crippen molar-refractivity contribution in [2.24, 2.45) is 0 Å². The van der Waals surface area contributed by atoms with Crippen molar-refractivity contribution in [1.82, 2.24) is 0 Å². The van der Waals surface area contributed by atoms with Crippen molar-refractivity contribution in [3.05, 3.63) is 24.0 Å². The Labute approximate surface area is 94.9 Å². The first-order valence-electron chi connectivity index (χ1n) is 5.73. The second kappa shape index (κ2) is 4.96. The maximum absolute atomic E-state index is 10.4. The molecule has 1 aromatic rings. The summed E-state index contributed by atoms with van der Waals surface area (Å²) >= 11 is 0. The van der Waals surface area contributed by atoms with Crippen molar-refractivity contribution in [2.75, 3.05) is 11.9 Å². The van der Waals surface area contributed by atoms with Crippen LogP contribution in [0.1, 0.15) is 24.8 Å². The molecule has 0 amide bonds. The zero-order chi connectivity index (χ0) is 11.4. The van der Waals surface area contributed by atoms with Crippen LogP contribution in [-0.4, -0.2) is 17.6 Å². The second-order valence-corrected chi connectivity index (χ2v) is 4.15. The largest absolute Gasteiger partial charge is 0.481 e. The van der Waals surface area contributed by atoms with E-state index in [9.17, 15) is 4.79 Å². The van der Waals surface area contributed by atoms with Gasteiger partial charge < -0.3 is 10.4 Å². The van der Waals surface area contributed by atoms with E-state index in [2.05, 4.69) is 22.1 Å². The molecule has 0 atom stereocenters. The van der Waals surface area contributed by atoms with Gasteiger partial charge in [0.2, 0.25) is 0 Å². The van der Waals surface area contributed by atoms with Crippen LogP contribution in [0.3, 0.4) is 0 Å². The van der Waals surface area contributed by atoms with Gasteiger partial charge in [-0.25, -0.2) is 4.57 Å². The monoisotopic (exact) mass is 221 g/mol. The highest BCUT2D eigenvalue weighted by Crippen LogP contribution is 2.18. The quantitative estimate of drug-likeness (QED) is 0.751. The van der Waals surface area contributed by atoms with E-state index in [4.69, 9.17) is 5.11 Å². The molecule has 1 aromatic heterocycles. The molecule has 16 heavy (non-hydrogen) atoms. The van der Waals surface area contributed by atoms with Crippen molar-refractivity contribution < 1.29 is 14.5 Å². The second-order valence-electron chi connectivity index (χ2n) is 4.15. The molecule has 2 N–H and O–H groups in total. The number of carboxylic acids is 1. The number of nitrogens with one attached hydrogen (secondary N) is 1. The number of fused-ring (bicyclic) bond motifs is 1. The standard InChI is InChI=1S/C12H16N2O2/c15-12(16)4-2-7-14-8-5-10-3-1-6-13-11(10)9-14/h5,8-9,13H,1-4,6-7H2/p+1. The van der Waals surface area contributed by atoms with E-state index in [1.165, 1.54) is 17.7 Å². The van der Waals surface area contributed by atoms with Crippen molar-refractivity contribution in [2.45, 2.75) is 32.2 Å². The summed E-state index contributed by atoms with van der Waals surface area (Å²) in [5.74, 6) is -0.725. The topological polar surface area (TPSA) is 53.2 Å². The zero-order valence-corrected chi connectivity index (χ0v) is 9.28. The van der Waals surface area contributed by atoms with Gasteiger partial charge in [0, 0.05) is 19.0 Å². The Hall–Kier alpha value is -1.58. The van der Waals surface area contributed by atoms with E-state index in [-0.39, 0.29) is 6.42 Å². The first-order valence-corrected chi connectivity index (χ1v) is 5.73. The fourth-order valence-corrected chi connectivity index (χ4v) is 2.00. The summed E-state index contributed by atoms with van der Waals surface area (Å²) in [6.07, 6.45) is 7.36. The summed E-state index contributed by atoms with van der Waals surface area (Å²) in [7, 11) is 0. The van der Waals surface area contributed by atoms with Gasteiger partial charge in [0.1, 0.15) is 12.2 Å². The Balaban J connectivity index is 1.97. The molecule has 4 heteroatoms. The average Bonchev–Trinajstić information content (AvgIpc) is 2.28. The van der Waals surface area contributed by atoms with Crippen LogP contribution >= 0.6 is 0 Å². The summed E-state index contributed by atoms with van der Waals surface area (Å²) < 4.78 is 2.06. The minimum absolute atomic E-state index is 0.234. The lowest BCUT2D eigenvalue weighted by atomic mass is 10.1. The highest BCUT2D eigenvalue weighted by Gasteiger charge is 2.12. The molecule has 0 radical (unpaired) electrons. The lowest BCUT2D eigenvalue weighted by Crippen LogP contribution is -2.34. The number of anilines is 1. The van der Waals surface area contributed by atoms with Gasteiger partial charge in [-0.2, -0.15) is 0 Å². The fourth-order valence-electron chi connectivity index (χ4n) is 2.00. The third-order valence-electron chi connectivity index (χ3n) is 2.85. The number of aryl methyl sites for hydroxylation is 2.